The van der Waals surface area contributed by atoms with E-state index >= 15 is 0 Å². The molecule has 112 heavy (non-hydrogen) atoms. The lowest BCUT2D eigenvalue weighted by molar-refractivity contribution is 0.671. The van der Waals surface area contributed by atoms with E-state index in [1.54, 1.807) is 0 Å². The van der Waals surface area contributed by atoms with Crippen LogP contribution in [0.25, 0.3) is 222 Å². The number of benzene rings is 17. The first-order valence-corrected chi connectivity index (χ1v) is 37.6. The van der Waals surface area contributed by atoms with Gasteiger partial charge in [0.05, 0.1) is 22.1 Å². The minimum absolute atomic E-state index is 0.588. The molecule has 17 aromatic carbocycles. The van der Waals surface area contributed by atoms with Crippen LogP contribution >= 0.6 is 0 Å². The standard InChI is InChI=1S/C51H30N4O.C51H32N4O/c1-3-13-31(14-4-1)49-52-50(32-15-5-2-6-16-32)54-51(53-49)33-23-25-41-43-28-27-42-40-21-11-12-22-45(40)55(47(42)48(43)56-46(41)29-33)34-24-26-39-37-19-8-7-17-35(37)36-18-9-10-20-38(36)44(39)30-34;1-5-15-33(16-6-1)38-29-39(34-17-7-2-8-18-34)31-40(30-38)55-45-24-14-13-23-41(45)43-27-28-44-42-26-25-37(32-46(42)56-48(44)47(43)55)51-53-49(35-19-9-3-10-20-35)52-50(54-51)36-21-11-4-12-22-36/h1-30H;1-32H. The second-order valence-corrected chi connectivity index (χ2v) is 28.4. The highest BCUT2D eigenvalue weighted by molar-refractivity contribution is 6.27. The van der Waals surface area contributed by atoms with Crippen molar-refractivity contribution in [2.75, 3.05) is 0 Å². The number of rotatable bonds is 10. The van der Waals surface area contributed by atoms with Crippen molar-refractivity contribution >= 4 is 120 Å². The quantitative estimate of drug-likeness (QED) is 0.124. The Morgan fingerprint density at radius 1 is 0.170 bits per heavy atom. The fourth-order valence-corrected chi connectivity index (χ4v) is 16.6. The maximum atomic E-state index is 6.99. The number of aromatic nitrogens is 8. The zero-order valence-corrected chi connectivity index (χ0v) is 60.2. The molecule has 6 heterocycles. The summed E-state index contributed by atoms with van der Waals surface area (Å²) in [5.74, 6) is 3.68. The van der Waals surface area contributed by atoms with Crippen LogP contribution in [0.3, 0.4) is 0 Å². The predicted molar refractivity (Wildman–Crippen MR) is 459 cm³/mol. The van der Waals surface area contributed by atoms with Gasteiger partial charge in [0.1, 0.15) is 11.2 Å². The van der Waals surface area contributed by atoms with E-state index in [1.807, 2.05) is 121 Å². The third-order valence-electron chi connectivity index (χ3n) is 21.8. The number of fused-ring (bicyclic) bond motifs is 20. The Labute approximate surface area is 641 Å². The van der Waals surface area contributed by atoms with Crippen LogP contribution in [0.4, 0.5) is 0 Å². The van der Waals surface area contributed by atoms with Crippen molar-refractivity contribution in [2.45, 2.75) is 0 Å². The lowest BCUT2D eigenvalue weighted by Gasteiger charge is -2.14. The van der Waals surface area contributed by atoms with Crippen LogP contribution in [-0.2, 0) is 0 Å². The number of hydrogen-bond donors (Lipinski definition) is 0. The van der Waals surface area contributed by atoms with E-state index in [4.69, 9.17) is 38.7 Å². The summed E-state index contributed by atoms with van der Waals surface area (Å²) in [5.41, 5.74) is 19.8. The van der Waals surface area contributed by atoms with E-state index in [-0.39, 0.29) is 0 Å². The summed E-state index contributed by atoms with van der Waals surface area (Å²) in [6.07, 6.45) is 0. The van der Waals surface area contributed by atoms with Crippen molar-refractivity contribution in [3.63, 3.8) is 0 Å². The van der Waals surface area contributed by atoms with Crippen molar-refractivity contribution in [1.29, 1.82) is 0 Å². The van der Waals surface area contributed by atoms with Crippen LogP contribution < -0.4 is 0 Å². The lowest BCUT2D eigenvalue weighted by Crippen LogP contribution is -2.00. The molecule has 23 rings (SSSR count). The zero-order valence-electron chi connectivity index (χ0n) is 60.2. The molecule has 0 amide bonds. The molecule has 0 aliphatic carbocycles. The average Bonchev–Trinajstić information content (AvgIpc) is 1.45. The minimum atomic E-state index is 0.588. The Kier molecular flexibility index (Phi) is 15.0. The minimum Gasteiger partial charge on any atom is -0.454 e. The van der Waals surface area contributed by atoms with Crippen LogP contribution in [0.2, 0.25) is 0 Å². The molecule has 0 radical (unpaired) electrons. The van der Waals surface area contributed by atoms with E-state index in [0.29, 0.717) is 34.9 Å². The van der Waals surface area contributed by atoms with Gasteiger partial charge in [0.25, 0.3) is 0 Å². The van der Waals surface area contributed by atoms with E-state index in [1.165, 1.54) is 43.1 Å². The van der Waals surface area contributed by atoms with Gasteiger partial charge in [-0.3, -0.25) is 0 Å². The third kappa shape index (κ3) is 10.8. The van der Waals surface area contributed by atoms with Gasteiger partial charge < -0.3 is 18.0 Å². The van der Waals surface area contributed by atoms with Crippen LogP contribution in [0.5, 0.6) is 0 Å². The molecule has 10 nitrogen and oxygen atoms in total. The molecule has 0 saturated heterocycles. The third-order valence-corrected chi connectivity index (χ3v) is 21.8. The lowest BCUT2D eigenvalue weighted by atomic mass is 9.94. The number of nitrogens with zero attached hydrogens (tertiary/aromatic N) is 8. The van der Waals surface area contributed by atoms with Crippen molar-refractivity contribution in [3.05, 3.63) is 376 Å². The molecule has 0 fully saturated rings. The molecule has 0 N–H and O–H groups in total. The average molecular weight is 1430 g/mol. The highest BCUT2D eigenvalue weighted by Gasteiger charge is 2.25. The van der Waals surface area contributed by atoms with Crippen molar-refractivity contribution < 1.29 is 8.83 Å². The van der Waals surface area contributed by atoms with E-state index in [9.17, 15) is 0 Å². The Bertz CT molecular complexity index is 7460. The SMILES string of the molecule is c1ccc(-c2cc(-c3ccccc3)cc(-n3c4ccccc4c4ccc5c6ccc(-c7nc(-c8ccccc8)nc(-c8ccccc8)n7)cc6oc5c43)c2)cc1.c1ccc(-c2nc(-c3ccccc3)nc(-c3ccc4c(c3)oc3c4ccc4c5ccccc5n(-c5ccc6c7ccccc7c7ccccc7c6c5)c43)n2)cc1. The molecule has 6 aromatic heterocycles. The normalized spacial score (nSPS) is 11.8. The molecule has 0 atom stereocenters. The number of para-hydroxylation sites is 2. The highest BCUT2D eigenvalue weighted by atomic mass is 16.3. The number of furan rings is 2. The highest BCUT2D eigenvalue weighted by Crippen LogP contribution is 2.46. The van der Waals surface area contributed by atoms with Gasteiger partial charge in [0, 0.05) is 87.8 Å². The smallest absolute Gasteiger partial charge is 0.164 e. The second-order valence-electron chi connectivity index (χ2n) is 28.4. The Hall–Kier alpha value is -15.3. The Morgan fingerprint density at radius 2 is 0.455 bits per heavy atom. The van der Waals surface area contributed by atoms with Crippen LogP contribution in [0.15, 0.2) is 385 Å². The van der Waals surface area contributed by atoms with Crippen LogP contribution in [0.1, 0.15) is 0 Å². The topological polar surface area (TPSA) is 113 Å². The maximum absolute atomic E-state index is 6.99. The van der Waals surface area contributed by atoms with Gasteiger partial charge in [-0.15, -0.1) is 0 Å². The second kappa shape index (κ2) is 26.3. The Morgan fingerprint density at radius 3 is 0.839 bits per heavy atom. The molecule has 10 heteroatoms. The first kappa shape index (κ1) is 64.0. The molecular weight excluding hydrogens is 1370 g/mol. The fraction of sp³-hybridized carbons (Fsp3) is 0. The first-order chi connectivity index (χ1) is 55.5. The Balaban J connectivity index is 0.000000137. The first-order valence-electron chi connectivity index (χ1n) is 37.6. The zero-order chi connectivity index (χ0) is 73.7. The molecule has 23 aromatic rings. The largest absolute Gasteiger partial charge is 0.454 e. The fourth-order valence-electron chi connectivity index (χ4n) is 16.6. The van der Waals surface area contributed by atoms with Gasteiger partial charge in [0.2, 0.25) is 0 Å². The van der Waals surface area contributed by atoms with Gasteiger partial charge in [0.15, 0.2) is 46.1 Å². The molecule has 0 saturated carbocycles. The molecule has 0 bridgehead atoms. The summed E-state index contributed by atoms with van der Waals surface area (Å²) in [7, 11) is 0. The van der Waals surface area contributed by atoms with Crippen LogP contribution in [0, 0.1) is 0 Å². The van der Waals surface area contributed by atoms with Gasteiger partial charge in [-0.2, -0.15) is 0 Å². The number of hydrogen-bond acceptors (Lipinski definition) is 8. The molecule has 0 unspecified atom stereocenters. The summed E-state index contributed by atoms with van der Waals surface area (Å²) in [6, 6.07) is 131. The molecule has 0 aliphatic rings. The molecule has 0 spiro atoms. The van der Waals surface area contributed by atoms with Gasteiger partial charge in [-0.05, 0) is 133 Å². The molecule has 0 aliphatic heterocycles. The van der Waals surface area contributed by atoms with Crippen molar-refractivity contribution in [2.24, 2.45) is 0 Å². The summed E-state index contributed by atoms with van der Waals surface area (Å²) in [6.45, 7) is 0. The maximum Gasteiger partial charge on any atom is 0.164 e. The van der Waals surface area contributed by atoms with E-state index in [2.05, 4.69) is 264 Å². The van der Waals surface area contributed by atoms with Gasteiger partial charge in [-0.25, -0.2) is 29.9 Å². The summed E-state index contributed by atoms with van der Waals surface area (Å²) in [5, 5.41) is 16.3. The monoisotopic (exact) mass is 1430 g/mol. The predicted octanol–water partition coefficient (Wildman–Crippen LogP) is 26.5. The molecular formula is C102H62N8O2. The van der Waals surface area contributed by atoms with Crippen molar-refractivity contribution in [3.8, 4) is 102 Å². The van der Waals surface area contributed by atoms with Crippen molar-refractivity contribution in [1.82, 2.24) is 39.0 Å². The summed E-state index contributed by atoms with van der Waals surface area (Å²) < 4.78 is 18.7. The van der Waals surface area contributed by atoms with E-state index in [0.717, 1.165) is 144 Å². The summed E-state index contributed by atoms with van der Waals surface area (Å²) in [4.78, 5) is 29.7. The van der Waals surface area contributed by atoms with Gasteiger partial charge >= 0.3 is 0 Å². The summed E-state index contributed by atoms with van der Waals surface area (Å²) >= 11 is 0. The van der Waals surface area contributed by atoms with E-state index < -0.39 is 0 Å². The van der Waals surface area contributed by atoms with Crippen LogP contribution in [-0.4, -0.2) is 39.0 Å². The van der Waals surface area contributed by atoms with Gasteiger partial charge in [-0.1, -0.05) is 297 Å². The molecule has 522 valence electrons.